The Morgan fingerprint density at radius 3 is 2.32 bits per heavy atom. The minimum Gasteiger partial charge on any atom is -0.354 e. The van der Waals surface area contributed by atoms with Gasteiger partial charge in [0.2, 0.25) is 0 Å². The first-order chi connectivity index (χ1) is 12.4. The van der Waals surface area contributed by atoms with Crippen LogP contribution in [0.4, 0.5) is 11.6 Å². The molecule has 1 aliphatic carbocycles. The molecule has 0 spiro atoms. The lowest BCUT2D eigenvalue weighted by Gasteiger charge is -2.49. The van der Waals surface area contributed by atoms with Gasteiger partial charge < -0.3 is 9.80 Å². The van der Waals surface area contributed by atoms with Crippen molar-refractivity contribution in [3.63, 3.8) is 0 Å². The molecule has 0 amide bonds. The van der Waals surface area contributed by atoms with Crippen LogP contribution in [0.5, 0.6) is 0 Å². The highest BCUT2D eigenvalue weighted by molar-refractivity contribution is 5.49. The summed E-state index contributed by atoms with van der Waals surface area (Å²) in [5, 5.41) is 0. The first-order valence-corrected chi connectivity index (χ1v) is 9.34. The van der Waals surface area contributed by atoms with Crippen molar-refractivity contribution in [2.45, 2.75) is 24.8 Å². The van der Waals surface area contributed by atoms with Crippen LogP contribution >= 0.6 is 0 Å². The van der Waals surface area contributed by atoms with Gasteiger partial charge in [-0.2, -0.15) is 0 Å². The molecule has 5 rings (SSSR count). The van der Waals surface area contributed by atoms with Gasteiger partial charge in [-0.15, -0.1) is 0 Å². The van der Waals surface area contributed by atoms with Crippen molar-refractivity contribution in [1.29, 1.82) is 0 Å². The summed E-state index contributed by atoms with van der Waals surface area (Å²) in [6, 6.07) is 6.80. The van der Waals surface area contributed by atoms with E-state index in [2.05, 4.69) is 41.8 Å². The van der Waals surface area contributed by atoms with Crippen LogP contribution in [0.3, 0.4) is 0 Å². The van der Waals surface area contributed by atoms with Crippen LogP contribution in [0, 0.1) is 0 Å². The zero-order valence-corrected chi connectivity index (χ0v) is 14.5. The predicted octanol–water partition coefficient (Wildman–Crippen LogP) is 1.76. The van der Waals surface area contributed by atoms with Gasteiger partial charge in [-0.05, 0) is 25.0 Å². The summed E-state index contributed by atoms with van der Waals surface area (Å²) in [6.45, 7) is 6.53. The molecule has 25 heavy (non-hydrogen) atoms. The average molecular weight is 336 g/mol. The highest BCUT2D eigenvalue weighted by Gasteiger charge is 2.37. The predicted molar refractivity (Wildman–Crippen MR) is 98.0 cm³/mol. The molecule has 130 valence electrons. The normalized spacial score (nSPS) is 22.1. The van der Waals surface area contributed by atoms with E-state index < -0.39 is 0 Å². The largest absolute Gasteiger partial charge is 0.354 e. The fourth-order valence-corrected chi connectivity index (χ4v) is 3.95. The van der Waals surface area contributed by atoms with E-state index in [0.29, 0.717) is 12.0 Å². The topological polar surface area (TPSA) is 48.4 Å². The van der Waals surface area contributed by atoms with E-state index in [0.717, 1.165) is 50.9 Å². The number of aromatic nitrogens is 3. The standard InChI is InChI=1S/C19H24N6/c1-2-6-20-17(3-1)24-11-9-23(10-12-24)16-13-25(14-16)19-18(15-4-5-15)21-7-8-22-19/h1-3,6-8,15-16H,4-5,9-14H2. The summed E-state index contributed by atoms with van der Waals surface area (Å²) >= 11 is 0. The number of hydrogen-bond acceptors (Lipinski definition) is 6. The van der Waals surface area contributed by atoms with Crippen molar-refractivity contribution in [2.75, 3.05) is 49.1 Å². The third kappa shape index (κ3) is 2.95. The molecule has 3 aliphatic rings. The minimum absolute atomic E-state index is 0.653. The van der Waals surface area contributed by atoms with Gasteiger partial charge in [-0.25, -0.2) is 9.97 Å². The van der Waals surface area contributed by atoms with Crippen molar-refractivity contribution in [2.24, 2.45) is 0 Å². The first kappa shape index (κ1) is 15.1. The van der Waals surface area contributed by atoms with Gasteiger partial charge in [-0.1, -0.05) is 6.07 Å². The molecule has 4 heterocycles. The molecule has 0 N–H and O–H groups in total. The Kier molecular flexibility index (Phi) is 3.77. The van der Waals surface area contributed by atoms with Gasteiger partial charge in [-0.3, -0.25) is 9.88 Å². The molecule has 0 bridgehead atoms. The quantitative estimate of drug-likeness (QED) is 0.848. The zero-order chi connectivity index (χ0) is 16.6. The Balaban J connectivity index is 1.17. The van der Waals surface area contributed by atoms with Crippen molar-refractivity contribution < 1.29 is 0 Å². The molecule has 2 aliphatic heterocycles. The number of nitrogens with zero attached hydrogens (tertiary/aromatic N) is 6. The fraction of sp³-hybridized carbons (Fsp3) is 0.526. The first-order valence-electron chi connectivity index (χ1n) is 9.34. The number of anilines is 2. The molecule has 0 radical (unpaired) electrons. The molecule has 0 atom stereocenters. The third-order valence-electron chi connectivity index (χ3n) is 5.64. The van der Waals surface area contributed by atoms with E-state index in [1.807, 2.05) is 24.7 Å². The number of piperazine rings is 1. The van der Waals surface area contributed by atoms with Crippen LogP contribution in [0.1, 0.15) is 24.5 Å². The Bertz CT molecular complexity index is 718. The monoisotopic (exact) mass is 336 g/mol. The maximum absolute atomic E-state index is 4.62. The van der Waals surface area contributed by atoms with Crippen LogP contribution in [-0.2, 0) is 0 Å². The number of pyridine rings is 1. The minimum atomic E-state index is 0.653. The molecule has 2 aromatic rings. The van der Waals surface area contributed by atoms with E-state index in [4.69, 9.17) is 0 Å². The Morgan fingerprint density at radius 1 is 0.800 bits per heavy atom. The number of hydrogen-bond donors (Lipinski definition) is 0. The van der Waals surface area contributed by atoms with Crippen LogP contribution in [-0.4, -0.2) is 65.2 Å². The zero-order valence-electron chi connectivity index (χ0n) is 14.5. The van der Waals surface area contributed by atoms with E-state index in [9.17, 15) is 0 Å². The molecule has 6 heteroatoms. The molecule has 2 aromatic heterocycles. The van der Waals surface area contributed by atoms with Crippen molar-refractivity contribution >= 4 is 11.6 Å². The van der Waals surface area contributed by atoms with E-state index in [-0.39, 0.29) is 0 Å². The number of rotatable bonds is 4. The Hall–Kier alpha value is -2.21. The highest BCUT2D eigenvalue weighted by atomic mass is 15.4. The van der Waals surface area contributed by atoms with Gasteiger partial charge in [0.25, 0.3) is 0 Å². The lowest BCUT2D eigenvalue weighted by atomic mass is 10.0. The average Bonchev–Trinajstić information content (AvgIpc) is 3.47. The van der Waals surface area contributed by atoms with Gasteiger partial charge in [0.15, 0.2) is 5.82 Å². The second-order valence-corrected chi connectivity index (χ2v) is 7.31. The third-order valence-corrected chi connectivity index (χ3v) is 5.64. The van der Waals surface area contributed by atoms with Crippen LogP contribution in [0.25, 0.3) is 0 Å². The lowest BCUT2D eigenvalue weighted by molar-refractivity contribution is 0.156. The van der Waals surface area contributed by atoms with Crippen molar-refractivity contribution in [3.8, 4) is 0 Å². The van der Waals surface area contributed by atoms with Gasteiger partial charge >= 0.3 is 0 Å². The van der Waals surface area contributed by atoms with Crippen molar-refractivity contribution in [3.05, 3.63) is 42.5 Å². The van der Waals surface area contributed by atoms with E-state index in [1.54, 1.807) is 0 Å². The summed E-state index contributed by atoms with van der Waals surface area (Å²) in [5.74, 6) is 2.89. The Morgan fingerprint density at radius 2 is 1.60 bits per heavy atom. The molecular weight excluding hydrogens is 312 g/mol. The summed E-state index contributed by atoms with van der Waals surface area (Å²) in [7, 11) is 0. The van der Waals surface area contributed by atoms with Crippen LogP contribution < -0.4 is 9.80 Å². The van der Waals surface area contributed by atoms with Gasteiger partial charge in [0, 0.05) is 69.8 Å². The summed E-state index contributed by atoms with van der Waals surface area (Å²) in [6.07, 6.45) is 8.10. The van der Waals surface area contributed by atoms with E-state index >= 15 is 0 Å². The fourth-order valence-electron chi connectivity index (χ4n) is 3.95. The SMILES string of the molecule is c1ccc(N2CCN(C3CN(c4nccnc4C4CC4)C3)CC2)nc1. The second-order valence-electron chi connectivity index (χ2n) is 7.31. The van der Waals surface area contributed by atoms with Gasteiger partial charge in [0.1, 0.15) is 5.82 Å². The molecule has 0 unspecified atom stereocenters. The van der Waals surface area contributed by atoms with Crippen LogP contribution in [0.15, 0.2) is 36.8 Å². The Labute approximate surface area is 148 Å². The van der Waals surface area contributed by atoms with Crippen LogP contribution in [0.2, 0.25) is 0 Å². The summed E-state index contributed by atoms with van der Waals surface area (Å²) < 4.78 is 0. The maximum atomic E-state index is 4.62. The molecule has 3 fully saturated rings. The van der Waals surface area contributed by atoms with E-state index in [1.165, 1.54) is 18.5 Å². The maximum Gasteiger partial charge on any atom is 0.150 e. The smallest absolute Gasteiger partial charge is 0.150 e. The highest BCUT2D eigenvalue weighted by Crippen LogP contribution is 2.43. The molecule has 1 saturated carbocycles. The van der Waals surface area contributed by atoms with Crippen molar-refractivity contribution in [1.82, 2.24) is 19.9 Å². The molecule has 2 saturated heterocycles. The second kappa shape index (κ2) is 6.26. The summed E-state index contributed by atoms with van der Waals surface area (Å²) in [5.41, 5.74) is 1.22. The molecule has 6 nitrogen and oxygen atoms in total. The van der Waals surface area contributed by atoms with Gasteiger partial charge in [0.05, 0.1) is 5.69 Å². The summed E-state index contributed by atoms with van der Waals surface area (Å²) in [4.78, 5) is 21.1. The molecular formula is C19H24N6. The lowest BCUT2D eigenvalue weighted by Crippen LogP contribution is -2.63. The molecule has 0 aromatic carbocycles.